The normalized spacial score (nSPS) is 11.6. The SMILES string of the molecule is Cc1cccc(OCCc2n[nH]c(=S)n2C(C)(C)C)c1. The molecule has 0 atom stereocenters. The summed E-state index contributed by atoms with van der Waals surface area (Å²) in [4.78, 5) is 0. The first-order valence-corrected chi connectivity index (χ1v) is 7.15. The molecule has 0 spiro atoms. The van der Waals surface area contributed by atoms with Crippen LogP contribution in [0.4, 0.5) is 0 Å². The van der Waals surface area contributed by atoms with E-state index in [1.54, 1.807) is 0 Å². The van der Waals surface area contributed by atoms with Gasteiger partial charge in [0.1, 0.15) is 11.6 Å². The van der Waals surface area contributed by atoms with E-state index in [2.05, 4.69) is 44.0 Å². The maximum absolute atomic E-state index is 5.77. The molecule has 2 rings (SSSR count). The van der Waals surface area contributed by atoms with E-state index in [1.807, 2.05) is 22.8 Å². The Kier molecular flexibility index (Phi) is 4.28. The molecule has 1 heterocycles. The molecular weight excluding hydrogens is 270 g/mol. The minimum absolute atomic E-state index is 0.0806. The lowest BCUT2D eigenvalue weighted by atomic mass is 10.1. The fraction of sp³-hybridized carbons (Fsp3) is 0.467. The van der Waals surface area contributed by atoms with Gasteiger partial charge in [-0.2, -0.15) is 5.10 Å². The van der Waals surface area contributed by atoms with Gasteiger partial charge < -0.3 is 4.74 Å². The van der Waals surface area contributed by atoms with Gasteiger partial charge in [0.05, 0.1) is 6.61 Å². The van der Waals surface area contributed by atoms with Crippen molar-refractivity contribution < 1.29 is 4.74 Å². The van der Waals surface area contributed by atoms with Crippen molar-refractivity contribution in [3.05, 3.63) is 40.4 Å². The fourth-order valence-electron chi connectivity index (χ4n) is 2.15. The monoisotopic (exact) mass is 291 g/mol. The van der Waals surface area contributed by atoms with Gasteiger partial charge >= 0.3 is 0 Å². The molecule has 4 nitrogen and oxygen atoms in total. The molecule has 20 heavy (non-hydrogen) atoms. The molecule has 1 N–H and O–H groups in total. The van der Waals surface area contributed by atoms with E-state index in [1.165, 1.54) is 5.56 Å². The average molecular weight is 291 g/mol. The van der Waals surface area contributed by atoms with Gasteiger partial charge in [-0.1, -0.05) is 12.1 Å². The van der Waals surface area contributed by atoms with Crippen molar-refractivity contribution in [2.45, 2.75) is 39.7 Å². The van der Waals surface area contributed by atoms with Gasteiger partial charge in [-0.25, -0.2) is 0 Å². The zero-order valence-corrected chi connectivity index (χ0v) is 13.3. The Bertz CT molecular complexity index is 637. The van der Waals surface area contributed by atoms with E-state index in [9.17, 15) is 0 Å². The van der Waals surface area contributed by atoms with Crippen molar-refractivity contribution in [3.8, 4) is 5.75 Å². The number of aromatic amines is 1. The molecule has 108 valence electrons. The Morgan fingerprint density at radius 3 is 2.75 bits per heavy atom. The quantitative estimate of drug-likeness (QED) is 0.875. The molecule has 1 aromatic heterocycles. The number of nitrogens with zero attached hydrogens (tertiary/aromatic N) is 2. The van der Waals surface area contributed by atoms with Crippen LogP contribution in [0.2, 0.25) is 0 Å². The Hall–Kier alpha value is -1.62. The summed E-state index contributed by atoms with van der Waals surface area (Å²) in [5.41, 5.74) is 1.11. The number of ether oxygens (including phenoxy) is 1. The first kappa shape index (κ1) is 14.8. The predicted molar refractivity (Wildman–Crippen MR) is 82.8 cm³/mol. The van der Waals surface area contributed by atoms with Crippen LogP contribution >= 0.6 is 12.2 Å². The fourth-order valence-corrected chi connectivity index (χ4v) is 2.58. The topological polar surface area (TPSA) is 42.8 Å². The first-order valence-electron chi connectivity index (χ1n) is 6.74. The summed E-state index contributed by atoms with van der Waals surface area (Å²) in [6.45, 7) is 8.98. The van der Waals surface area contributed by atoms with Crippen LogP contribution in [0.25, 0.3) is 0 Å². The molecule has 0 aliphatic carbocycles. The van der Waals surface area contributed by atoms with Crippen LogP contribution in [-0.2, 0) is 12.0 Å². The molecule has 0 aliphatic rings. The van der Waals surface area contributed by atoms with E-state index in [4.69, 9.17) is 17.0 Å². The van der Waals surface area contributed by atoms with Gasteiger partial charge in [0.2, 0.25) is 0 Å². The number of hydrogen-bond donors (Lipinski definition) is 1. The number of benzene rings is 1. The van der Waals surface area contributed by atoms with Crippen LogP contribution in [-0.4, -0.2) is 21.4 Å². The van der Waals surface area contributed by atoms with Gasteiger partial charge in [-0.3, -0.25) is 9.67 Å². The van der Waals surface area contributed by atoms with E-state index >= 15 is 0 Å². The van der Waals surface area contributed by atoms with E-state index in [0.29, 0.717) is 11.4 Å². The van der Waals surface area contributed by atoms with Crippen LogP contribution in [0.5, 0.6) is 5.75 Å². The number of rotatable bonds is 4. The first-order chi connectivity index (χ1) is 9.38. The second kappa shape index (κ2) is 5.79. The Labute approximate surface area is 124 Å². The summed E-state index contributed by atoms with van der Waals surface area (Å²) in [6, 6.07) is 8.04. The van der Waals surface area contributed by atoms with Gasteiger partial charge in [0.25, 0.3) is 0 Å². The lowest BCUT2D eigenvalue weighted by Gasteiger charge is -2.22. The van der Waals surface area contributed by atoms with Crippen LogP contribution in [0, 0.1) is 11.7 Å². The maximum atomic E-state index is 5.77. The molecule has 1 aromatic carbocycles. The highest BCUT2D eigenvalue weighted by molar-refractivity contribution is 7.71. The summed E-state index contributed by atoms with van der Waals surface area (Å²) in [7, 11) is 0. The van der Waals surface area contributed by atoms with Gasteiger partial charge in [0.15, 0.2) is 4.77 Å². The van der Waals surface area contributed by atoms with Gasteiger partial charge in [-0.05, 0) is 57.6 Å². The summed E-state index contributed by atoms with van der Waals surface area (Å²) in [6.07, 6.45) is 0.721. The van der Waals surface area contributed by atoms with Crippen LogP contribution in [0.3, 0.4) is 0 Å². The van der Waals surface area contributed by atoms with E-state index in [0.717, 1.165) is 18.0 Å². The summed E-state index contributed by atoms with van der Waals surface area (Å²) < 4.78 is 8.47. The summed E-state index contributed by atoms with van der Waals surface area (Å²) >= 11 is 5.29. The largest absolute Gasteiger partial charge is 0.493 e. The minimum atomic E-state index is -0.0806. The standard InChI is InChI=1S/C15H21N3OS/c1-11-6-5-7-12(10-11)19-9-8-13-16-17-14(20)18(13)15(2,3)4/h5-7,10H,8-9H2,1-4H3,(H,17,20). The Balaban J connectivity index is 2.04. The number of H-pyrrole nitrogens is 1. The van der Waals surface area contributed by atoms with Crippen molar-refractivity contribution in [1.29, 1.82) is 0 Å². The highest BCUT2D eigenvalue weighted by atomic mass is 32.1. The molecule has 0 aliphatic heterocycles. The lowest BCUT2D eigenvalue weighted by Crippen LogP contribution is -2.25. The van der Waals surface area contributed by atoms with Crippen molar-refractivity contribution in [2.24, 2.45) is 0 Å². The molecule has 2 aromatic rings. The third-order valence-electron chi connectivity index (χ3n) is 3.00. The Morgan fingerprint density at radius 1 is 1.35 bits per heavy atom. The molecule has 0 saturated carbocycles. The van der Waals surface area contributed by atoms with Gasteiger partial charge in [0, 0.05) is 12.0 Å². The van der Waals surface area contributed by atoms with E-state index in [-0.39, 0.29) is 5.54 Å². The number of aromatic nitrogens is 3. The molecule has 0 bridgehead atoms. The maximum Gasteiger partial charge on any atom is 0.195 e. The molecule has 0 unspecified atom stereocenters. The summed E-state index contributed by atoms with van der Waals surface area (Å²) in [5.74, 6) is 1.82. The highest BCUT2D eigenvalue weighted by Crippen LogP contribution is 2.17. The summed E-state index contributed by atoms with van der Waals surface area (Å²) in [5, 5.41) is 7.16. The van der Waals surface area contributed by atoms with Crippen molar-refractivity contribution >= 4 is 12.2 Å². The van der Waals surface area contributed by atoms with E-state index < -0.39 is 0 Å². The number of hydrogen-bond acceptors (Lipinski definition) is 3. The molecular formula is C15H21N3OS. The molecule has 0 saturated heterocycles. The number of aryl methyl sites for hydroxylation is 1. The smallest absolute Gasteiger partial charge is 0.195 e. The van der Waals surface area contributed by atoms with Crippen molar-refractivity contribution in [3.63, 3.8) is 0 Å². The second-order valence-corrected chi connectivity index (χ2v) is 6.25. The third-order valence-corrected chi connectivity index (χ3v) is 3.27. The molecule has 0 fully saturated rings. The van der Waals surface area contributed by atoms with Crippen molar-refractivity contribution in [2.75, 3.05) is 6.61 Å². The lowest BCUT2D eigenvalue weighted by molar-refractivity contribution is 0.306. The zero-order valence-electron chi connectivity index (χ0n) is 12.4. The zero-order chi connectivity index (χ0) is 14.8. The third kappa shape index (κ3) is 3.48. The molecule has 0 amide bonds. The molecule has 5 heteroatoms. The van der Waals surface area contributed by atoms with Crippen LogP contribution in [0.1, 0.15) is 32.2 Å². The van der Waals surface area contributed by atoms with Crippen LogP contribution in [0.15, 0.2) is 24.3 Å². The van der Waals surface area contributed by atoms with Crippen LogP contribution < -0.4 is 4.74 Å². The highest BCUT2D eigenvalue weighted by Gasteiger charge is 2.19. The molecule has 0 radical (unpaired) electrons. The second-order valence-electron chi connectivity index (χ2n) is 5.87. The Morgan fingerprint density at radius 2 is 2.10 bits per heavy atom. The predicted octanol–water partition coefficient (Wildman–Crippen LogP) is 3.63. The minimum Gasteiger partial charge on any atom is -0.493 e. The van der Waals surface area contributed by atoms with Gasteiger partial charge in [-0.15, -0.1) is 0 Å². The number of nitrogens with one attached hydrogen (secondary N) is 1. The van der Waals surface area contributed by atoms with Crippen molar-refractivity contribution in [1.82, 2.24) is 14.8 Å². The average Bonchev–Trinajstić information content (AvgIpc) is 2.70.